The first-order valence-electron chi connectivity index (χ1n) is 13.8. The second-order valence-electron chi connectivity index (χ2n) is 16.0. The Morgan fingerprint density at radius 3 is 1.23 bits per heavy atom. The lowest BCUT2D eigenvalue weighted by atomic mass is 9.67. The van der Waals surface area contributed by atoms with Crippen molar-refractivity contribution in [3.63, 3.8) is 0 Å². The molecule has 0 nitrogen and oxygen atoms in total. The summed E-state index contributed by atoms with van der Waals surface area (Å²) >= 11 is 0. The Hall–Kier alpha value is -1.56. The van der Waals surface area contributed by atoms with Gasteiger partial charge in [-0.05, 0) is 72.4 Å². The molecule has 2 aromatic carbocycles. The van der Waals surface area contributed by atoms with Crippen LogP contribution in [-0.2, 0) is 27.1 Å². The zero-order valence-electron chi connectivity index (χ0n) is 26.2. The minimum atomic E-state index is 0.0721. The van der Waals surface area contributed by atoms with Crippen LogP contribution in [0.2, 0.25) is 0 Å². The first-order chi connectivity index (χ1) is 15.5. The van der Waals surface area contributed by atoms with Crippen LogP contribution >= 0.6 is 0 Å². The standard InChI is InChI=1S/C35H56/c1-17-24(25-20-23(31(2,3)4)18-19-27(25)32(5,6)7)26-21-29(34(11,12)13)30(35(14,15)16)22-28(26)33(8,9)10/h18-22,24H,17H2,1-16H3. The van der Waals surface area contributed by atoms with E-state index in [-0.39, 0.29) is 27.1 Å². The average molecular weight is 477 g/mol. The predicted octanol–water partition coefficient (Wildman–Crippen LogP) is 10.7. The Labute approximate surface area is 219 Å². The van der Waals surface area contributed by atoms with E-state index < -0.39 is 0 Å². The van der Waals surface area contributed by atoms with Gasteiger partial charge in [0.05, 0.1) is 0 Å². The molecule has 0 N–H and O–H groups in total. The topological polar surface area (TPSA) is 0 Å². The van der Waals surface area contributed by atoms with Gasteiger partial charge in [-0.25, -0.2) is 0 Å². The molecule has 1 unspecified atom stereocenters. The molecule has 0 aliphatic carbocycles. The highest BCUT2D eigenvalue weighted by Gasteiger charge is 2.33. The van der Waals surface area contributed by atoms with Crippen molar-refractivity contribution >= 4 is 0 Å². The minimum absolute atomic E-state index is 0.0721. The summed E-state index contributed by atoms with van der Waals surface area (Å²) in [4.78, 5) is 0. The number of hydrogen-bond donors (Lipinski definition) is 0. The molecular weight excluding hydrogens is 420 g/mol. The highest BCUT2D eigenvalue weighted by Crippen LogP contribution is 2.45. The van der Waals surface area contributed by atoms with Crippen LogP contribution in [0.1, 0.15) is 162 Å². The van der Waals surface area contributed by atoms with Crippen LogP contribution in [0.4, 0.5) is 0 Å². The molecule has 0 heteroatoms. The van der Waals surface area contributed by atoms with Gasteiger partial charge in [-0.3, -0.25) is 0 Å². The van der Waals surface area contributed by atoms with Gasteiger partial charge in [0, 0.05) is 5.92 Å². The van der Waals surface area contributed by atoms with Crippen LogP contribution in [0.5, 0.6) is 0 Å². The molecule has 0 fully saturated rings. The zero-order valence-corrected chi connectivity index (χ0v) is 26.2. The molecule has 0 spiro atoms. The predicted molar refractivity (Wildman–Crippen MR) is 159 cm³/mol. The Balaban J connectivity index is 3.05. The van der Waals surface area contributed by atoms with Crippen LogP contribution < -0.4 is 0 Å². The lowest BCUT2D eigenvalue weighted by molar-refractivity contribution is 0.516. The van der Waals surface area contributed by atoms with Gasteiger partial charge in [0.1, 0.15) is 0 Å². The van der Waals surface area contributed by atoms with Crippen LogP contribution in [0.3, 0.4) is 0 Å². The smallest absolute Gasteiger partial charge is 0.00928 e. The monoisotopic (exact) mass is 476 g/mol. The molecule has 0 aliphatic rings. The molecule has 35 heavy (non-hydrogen) atoms. The lowest BCUT2D eigenvalue weighted by Gasteiger charge is -2.37. The molecule has 0 saturated carbocycles. The van der Waals surface area contributed by atoms with E-state index in [0.29, 0.717) is 5.92 Å². The fourth-order valence-electron chi connectivity index (χ4n) is 5.40. The molecule has 0 radical (unpaired) electrons. The molecule has 0 bridgehead atoms. The first-order valence-corrected chi connectivity index (χ1v) is 13.8. The molecule has 0 heterocycles. The van der Waals surface area contributed by atoms with E-state index in [1.165, 1.54) is 38.9 Å². The Bertz CT molecular complexity index is 1030. The van der Waals surface area contributed by atoms with Gasteiger partial charge >= 0.3 is 0 Å². The van der Waals surface area contributed by atoms with E-state index in [1.54, 1.807) is 0 Å². The molecule has 0 amide bonds. The van der Waals surface area contributed by atoms with Gasteiger partial charge in [-0.2, -0.15) is 0 Å². The van der Waals surface area contributed by atoms with Crippen molar-refractivity contribution in [3.05, 3.63) is 69.3 Å². The summed E-state index contributed by atoms with van der Waals surface area (Å²) in [5, 5.41) is 0. The molecule has 0 saturated heterocycles. The summed E-state index contributed by atoms with van der Waals surface area (Å²) < 4.78 is 0. The van der Waals surface area contributed by atoms with Crippen molar-refractivity contribution in [3.8, 4) is 0 Å². The first kappa shape index (κ1) is 29.7. The molecule has 2 rings (SSSR count). The Kier molecular flexibility index (Phi) is 7.96. The van der Waals surface area contributed by atoms with Crippen molar-refractivity contribution in [2.75, 3.05) is 0 Å². The third-order valence-electron chi connectivity index (χ3n) is 7.50. The quantitative estimate of drug-likeness (QED) is 0.413. The molecule has 0 aliphatic heterocycles. The maximum Gasteiger partial charge on any atom is 0.00928 e. The lowest BCUT2D eigenvalue weighted by Crippen LogP contribution is -2.27. The summed E-state index contributed by atoms with van der Waals surface area (Å²) in [6.07, 6.45) is 1.10. The van der Waals surface area contributed by atoms with E-state index in [1.807, 2.05) is 0 Å². The maximum atomic E-state index is 2.60. The highest BCUT2D eigenvalue weighted by atomic mass is 14.4. The van der Waals surface area contributed by atoms with Crippen molar-refractivity contribution < 1.29 is 0 Å². The van der Waals surface area contributed by atoms with Crippen LogP contribution in [0.15, 0.2) is 30.3 Å². The summed E-state index contributed by atoms with van der Waals surface area (Å²) in [6.45, 7) is 37.9. The maximum absolute atomic E-state index is 2.60. The summed E-state index contributed by atoms with van der Waals surface area (Å²) in [6, 6.07) is 12.5. The second-order valence-corrected chi connectivity index (χ2v) is 16.0. The highest BCUT2D eigenvalue weighted by molar-refractivity contribution is 5.53. The van der Waals surface area contributed by atoms with Gasteiger partial charge < -0.3 is 0 Å². The van der Waals surface area contributed by atoms with E-state index in [0.717, 1.165) is 6.42 Å². The fraction of sp³-hybridized carbons (Fsp3) is 0.657. The minimum Gasteiger partial charge on any atom is -0.0645 e. The molecule has 1 atom stereocenters. The second kappa shape index (κ2) is 9.39. The van der Waals surface area contributed by atoms with Crippen LogP contribution in [-0.4, -0.2) is 0 Å². The van der Waals surface area contributed by atoms with Gasteiger partial charge in [0.15, 0.2) is 0 Å². The largest absolute Gasteiger partial charge is 0.0645 e. The van der Waals surface area contributed by atoms with Crippen molar-refractivity contribution in [2.24, 2.45) is 0 Å². The zero-order chi connectivity index (χ0) is 27.4. The molecule has 0 aromatic heterocycles. The van der Waals surface area contributed by atoms with Crippen molar-refractivity contribution in [1.29, 1.82) is 0 Å². The van der Waals surface area contributed by atoms with Gasteiger partial charge in [0.25, 0.3) is 0 Å². The normalized spacial score (nSPS) is 14.9. The number of rotatable bonds is 3. The number of benzene rings is 2. The Morgan fingerprint density at radius 1 is 0.457 bits per heavy atom. The molecule has 196 valence electrons. The third-order valence-corrected chi connectivity index (χ3v) is 7.50. The summed E-state index contributed by atoms with van der Waals surface area (Å²) in [5.74, 6) is 0.371. The van der Waals surface area contributed by atoms with Gasteiger partial charge in [-0.15, -0.1) is 0 Å². The SMILES string of the molecule is CCC(c1cc(C(C)(C)C)ccc1C(C)(C)C)c1cc(C(C)(C)C)c(C(C)(C)C)cc1C(C)(C)C. The van der Waals surface area contributed by atoms with Crippen molar-refractivity contribution in [2.45, 2.75) is 150 Å². The fourth-order valence-corrected chi connectivity index (χ4v) is 5.40. The van der Waals surface area contributed by atoms with Gasteiger partial charge in [0.2, 0.25) is 0 Å². The van der Waals surface area contributed by atoms with E-state index in [2.05, 4.69) is 141 Å². The van der Waals surface area contributed by atoms with Crippen molar-refractivity contribution in [1.82, 2.24) is 0 Å². The van der Waals surface area contributed by atoms with E-state index in [4.69, 9.17) is 0 Å². The van der Waals surface area contributed by atoms with Crippen LogP contribution in [0, 0.1) is 0 Å². The number of hydrogen-bond acceptors (Lipinski definition) is 0. The third kappa shape index (κ3) is 6.61. The van der Waals surface area contributed by atoms with Gasteiger partial charge in [-0.1, -0.05) is 141 Å². The summed E-state index contributed by atoms with van der Waals surface area (Å²) in [5.41, 5.74) is 10.9. The van der Waals surface area contributed by atoms with E-state index >= 15 is 0 Å². The van der Waals surface area contributed by atoms with Crippen LogP contribution in [0.25, 0.3) is 0 Å². The molecular formula is C35H56. The Morgan fingerprint density at radius 2 is 0.857 bits per heavy atom. The molecule has 2 aromatic rings. The average Bonchev–Trinajstić information content (AvgIpc) is 2.64. The summed E-state index contributed by atoms with van der Waals surface area (Å²) in [7, 11) is 0. The van der Waals surface area contributed by atoms with E-state index in [9.17, 15) is 0 Å².